The molecule has 0 saturated heterocycles. The Kier molecular flexibility index (Phi) is 2.14. The van der Waals surface area contributed by atoms with Crippen molar-refractivity contribution in [2.75, 3.05) is 0 Å². The van der Waals surface area contributed by atoms with Gasteiger partial charge in [0.25, 0.3) is 10.2 Å². The Labute approximate surface area is 76.2 Å². The third kappa shape index (κ3) is 3.12. The van der Waals surface area contributed by atoms with Crippen molar-refractivity contribution in [3.05, 3.63) is 0 Å². The Morgan fingerprint density at radius 3 is 2.42 bits per heavy atom. The summed E-state index contributed by atoms with van der Waals surface area (Å²) in [6.07, 6.45) is 1.10. The van der Waals surface area contributed by atoms with Gasteiger partial charge in [-0.1, -0.05) is 0 Å². The zero-order valence-corrected chi connectivity index (χ0v) is 8.06. The molecule has 0 aromatic carbocycles. The fourth-order valence-corrected chi connectivity index (χ4v) is 2.09. The van der Waals surface area contributed by atoms with Crippen molar-refractivity contribution in [3.8, 4) is 0 Å². The lowest BCUT2D eigenvalue weighted by Gasteiger charge is -2.14. The highest BCUT2D eigenvalue weighted by Gasteiger charge is 2.40. The molecule has 1 aliphatic carbocycles. The van der Waals surface area contributed by atoms with Crippen LogP contribution in [-0.4, -0.2) is 27.7 Å². The molecule has 4 nitrogen and oxygen atoms in total. The van der Waals surface area contributed by atoms with Gasteiger partial charge < -0.3 is 0 Å². The molecule has 68 valence electrons. The minimum atomic E-state index is -3.73. The van der Waals surface area contributed by atoms with Crippen molar-refractivity contribution in [1.29, 1.82) is 0 Å². The van der Waals surface area contributed by atoms with Crippen LogP contribution in [0, 0.1) is 0 Å². The molecular weight excluding hydrogens is 175 g/mol. The predicted molar refractivity (Wildman–Crippen MR) is 48.0 cm³/mol. The second-order valence-corrected chi connectivity index (χ2v) is 4.81. The standard InChI is InChI=1S/C6H13BN2O2S/c1-5(2)8-12(10,11)9-6(7)3-4-6/h5,8-9H,3-4H2,1-2H3/i/hD. The molecule has 2 N–H and O–H groups in total. The van der Waals surface area contributed by atoms with Gasteiger partial charge >= 0.3 is 0 Å². The lowest BCUT2D eigenvalue weighted by Crippen LogP contribution is -2.46. The molecule has 0 spiro atoms. The van der Waals surface area contributed by atoms with Crippen LogP contribution >= 0.6 is 0 Å². The lowest BCUT2D eigenvalue weighted by atomic mass is 9.95. The molecule has 0 aliphatic heterocycles. The molecular formula is C6H13BN2O2S. The van der Waals surface area contributed by atoms with Crippen LogP contribution in [0.2, 0.25) is 1.41 Å². The third-order valence-corrected chi connectivity index (χ3v) is 2.82. The molecule has 1 aliphatic rings. The number of hydrogen-bond donors (Lipinski definition) is 2. The lowest BCUT2D eigenvalue weighted by molar-refractivity contribution is 0.550. The molecule has 0 heterocycles. The van der Waals surface area contributed by atoms with Crippen molar-refractivity contribution < 1.29 is 9.83 Å². The third-order valence-electron chi connectivity index (χ3n) is 1.45. The van der Waals surface area contributed by atoms with E-state index in [0.717, 1.165) is 0 Å². The summed E-state index contributed by atoms with van der Waals surface area (Å²) in [5, 5.41) is 0. The largest absolute Gasteiger partial charge is 0.276 e. The average Bonchev–Trinajstić information content (AvgIpc) is 2.65. The number of nitrogens with one attached hydrogen (secondary N) is 2. The maximum absolute atomic E-state index is 11.4. The van der Waals surface area contributed by atoms with E-state index in [0.29, 0.717) is 17.6 Å². The van der Waals surface area contributed by atoms with Gasteiger partial charge in [-0.15, -0.1) is 0 Å². The Morgan fingerprint density at radius 2 is 2.08 bits per heavy atom. The normalized spacial score (nSPS) is 22.8. The second-order valence-electron chi connectivity index (χ2n) is 3.44. The van der Waals surface area contributed by atoms with Gasteiger partial charge in [-0.3, -0.25) is 0 Å². The highest BCUT2D eigenvalue weighted by atomic mass is 32.2. The fraction of sp³-hybridized carbons (Fsp3) is 1.00. The van der Waals surface area contributed by atoms with E-state index in [1.165, 1.54) is 0 Å². The Hall–Kier alpha value is -0.0651. The van der Waals surface area contributed by atoms with Crippen molar-refractivity contribution in [1.82, 2.24) is 9.44 Å². The summed E-state index contributed by atoms with van der Waals surface area (Å²) in [6.45, 7) is 3.39. The minimum Gasteiger partial charge on any atom is -0.205 e. The maximum Gasteiger partial charge on any atom is 0.276 e. The molecule has 1 fully saturated rings. The predicted octanol–water partition coefficient (Wildman–Crippen LogP) is -0.523. The van der Waals surface area contributed by atoms with Gasteiger partial charge in [-0.05, 0) is 32.1 Å². The van der Waals surface area contributed by atoms with E-state index >= 15 is 0 Å². The first-order valence-electron chi connectivity index (χ1n) is 4.33. The molecule has 0 bridgehead atoms. The Morgan fingerprint density at radius 1 is 1.58 bits per heavy atom. The van der Waals surface area contributed by atoms with Gasteiger partial charge in [-0.25, -0.2) is 4.72 Å². The molecule has 0 aromatic rings. The van der Waals surface area contributed by atoms with E-state index in [1.807, 2.05) is 0 Å². The molecule has 0 atom stereocenters. The van der Waals surface area contributed by atoms with E-state index in [-0.39, 0.29) is 6.04 Å². The summed E-state index contributed by atoms with van der Waals surface area (Å²) < 4.78 is 32.9. The SMILES string of the molecule is [2H]N(C1([B])CC1)S(=O)(=O)NC(C)C. The van der Waals surface area contributed by atoms with Crippen molar-refractivity contribution >= 4 is 18.1 Å². The van der Waals surface area contributed by atoms with Gasteiger partial charge in [0, 0.05) is 6.04 Å². The van der Waals surface area contributed by atoms with Crippen molar-refractivity contribution in [3.63, 3.8) is 0 Å². The second kappa shape index (κ2) is 3.01. The first-order chi connectivity index (χ1) is 5.78. The quantitative estimate of drug-likeness (QED) is 0.584. The van der Waals surface area contributed by atoms with Gasteiger partial charge in [0.15, 0.2) is 0 Å². The average molecular weight is 189 g/mol. The molecule has 1 saturated carbocycles. The molecule has 12 heavy (non-hydrogen) atoms. The minimum absolute atomic E-state index is 0.222. The van der Waals surface area contributed by atoms with E-state index in [1.54, 1.807) is 13.8 Å². The number of hydrogen-bond acceptors (Lipinski definition) is 2. The van der Waals surface area contributed by atoms with Gasteiger partial charge in [-0.2, -0.15) is 13.1 Å². The summed E-state index contributed by atoms with van der Waals surface area (Å²) >= 11 is 0. The van der Waals surface area contributed by atoms with Crippen LogP contribution in [-0.2, 0) is 10.2 Å². The van der Waals surface area contributed by atoms with Crippen LogP contribution in [0.25, 0.3) is 0 Å². The van der Waals surface area contributed by atoms with Crippen molar-refractivity contribution in [2.24, 2.45) is 0 Å². The summed E-state index contributed by atoms with van der Waals surface area (Å²) in [4.78, 5) is 0. The van der Waals surface area contributed by atoms with Crippen LogP contribution in [0.3, 0.4) is 0 Å². The molecule has 0 unspecified atom stereocenters. The van der Waals surface area contributed by atoms with Crippen LogP contribution in [0.15, 0.2) is 0 Å². The van der Waals surface area contributed by atoms with Gasteiger partial charge in [0.2, 0.25) is 0 Å². The summed E-state index contributed by atoms with van der Waals surface area (Å²) in [7, 11) is 1.84. The highest BCUT2D eigenvalue weighted by molar-refractivity contribution is 7.87. The first kappa shape index (κ1) is 8.53. The molecule has 0 aromatic heterocycles. The van der Waals surface area contributed by atoms with Crippen LogP contribution < -0.4 is 9.44 Å². The highest BCUT2D eigenvalue weighted by Crippen LogP contribution is 2.31. The summed E-state index contributed by atoms with van der Waals surface area (Å²) in [5.74, 6) is 0. The van der Waals surface area contributed by atoms with Crippen LogP contribution in [0.4, 0.5) is 0 Å². The van der Waals surface area contributed by atoms with Gasteiger partial charge in [0.05, 0.1) is 7.85 Å². The maximum atomic E-state index is 11.4. The zero-order chi connectivity index (χ0) is 10.3. The Balaban J connectivity index is 2.69. The Bertz CT molecular complexity index is 289. The summed E-state index contributed by atoms with van der Waals surface area (Å²) in [6, 6.07) is -0.222. The molecule has 0 amide bonds. The first-order valence-corrected chi connectivity index (χ1v) is 5.32. The van der Waals surface area contributed by atoms with Gasteiger partial charge in [0.1, 0.15) is 1.41 Å². The van der Waals surface area contributed by atoms with Crippen LogP contribution in [0.5, 0.6) is 0 Å². The summed E-state index contributed by atoms with van der Waals surface area (Å²) in [5.41, 5.74) is -0.972. The van der Waals surface area contributed by atoms with E-state index in [4.69, 9.17) is 9.26 Å². The number of rotatable bonds is 4. The zero-order valence-electron chi connectivity index (χ0n) is 8.24. The fourth-order valence-electron chi connectivity index (χ4n) is 0.783. The smallest absolute Gasteiger partial charge is 0.205 e. The van der Waals surface area contributed by atoms with E-state index in [9.17, 15) is 8.42 Å². The van der Waals surface area contributed by atoms with E-state index < -0.39 is 15.6 Å². The topological polar surface area (TPSA) is 58.2 Å². The van der Waals surface area contributed by atoms with E-state index in [2.05, 4.69) is 4.72 Å². The van der Waals surface area contributed by atoms with Crippen molar-refractivity contribution in [2.45, 2.75) is 38.2 Å². The monoisotopic (exact) mass is 189 g/mol. The van der Waals surface area contributed by atoms with Crippen LogP contribution in [0.1, 0.15) is 26.7 Å². The molecule has 1 rings (SSSR count). The molecule has 2 radical (unpaired) electrons. The molecule has 6 heteroatoms.